The zero-order valence-corrected chi connectivity index (χ0v) is 11.5. The second kappa shape index (κ2) is 5.53. The molecule has 5 heteroatoms. The fourth-order valence-corrected chi connectivity index (χ4v) is 2.89. The number of rotatable bonds is 2. The first-order valence-corrected chi connectivity index (χ1v) is 7.11. The van der Waals surface area contributed by atoms with Crippen LogP contribution in [0.3, 0.4) is 0 Å². The van der Waals surface area contributed by atoms with Crippen LogP contribution >= 0.6 is 0 Å². The molecule has 0 aromatic carbocycles. The number of aryl methyl sites for hydroxylation is 1. The largest absolute Gasteiger partial charge is 0.368 e. The van der Waals surface area contributed by atoms with Crippen LogP contribution in [0.15, 0.2) is 6.20 Å². The van der Waals surface area contributed by atoms with Crippen LogP contribution in [0.5, 0.6) is 0 Å². The standard InChI is InChI=1S/C14H22N4O/c1-18-4-5-19-13(9-18)14-16-8-11-6-10(7-15)2-3-12(11)17-14/h8,10,13H,2-7,9,15H2,1H3. The molecule has 3 rings (SSSR count). The second-order valence-corrected chi connectivity index (χ2v) is 5.67. The Bertz CT molecular complexity index is 451. The number of fused-ring (bicyclic) bond motifs is 1. The molecule has 5 nitrogen and oxygen atoms in total. The van der Waals surface area contributed by atoms with E-state index in [9.17, 15) is 0 Å². The molecule has 1 aliphatic carbocycles. The molecular weight excluding hydrogens is 240 g/mol. The zero-order chi connectivity index (χ0) is 13.2. The molecule has 2 atom stereocenters. The van der Waals surface area contributed by atoms with Gasteiger partial charge in [-0.05, 0) is 44.3 Å². The van der Waals surface area contributed by atoms with E-state index in [1.165, 1.54) is 11.3 Å². The number of morpholine rings is 1. The van der Waals surface area contributed by atoms with Crippen molar-refractivity contribution >= 4 is 0 Å². The fourth-order valence-electron chi connectivity index (χ4n) is 2.89. The third-order valence-electron chi connectivity index (χ3n) is 4.16. The molecule has 0 bridgehead atoms. The van der Waals surface area contributed by atoms with Crippen molar-refractivity contribution in [3.63, 3.8) is 0 Å². The van der Waals surface area contributed by atoms with Crippen molar-refractivity contribution in [3.05, 3.63) is 23.3 Å². The first-order valence-electron chi connectivity index (χ1n) is 7.11. The number of aromatic nitrogens is 2. The van der Waals surface area contributed by atoms with Gasteiger partial charge in [0, 0.05) is 25.0 Å². The van der Waals surface area contributed by atoms with Gasteiger partial charge in [-0.1, -0.05) is 0 Å². The van der Waals surface area contributed by atoms with Crippen LogP contribution in [0, 0.1) is 5.92 Å². The number of likely N-dealkylation sites (N-methyl/N-ethyl adjacent to an activating group) is 1. The molecule has 19 heavy (non-hydrogen) atoms. The van der Waals surface area contributed by atoms with Gasteiger partial charge >= 0.3 is 0 Å². The minimum absolute atomic E-state index is 0.0243. The molecule has 2 aliphatic rings. The topological polar surface area (TPSA) is 64.3 Å². The Kier molecular flexibility index (Phi) is 3.77. The number of nitrogens with two attached hydrogens (primary N) is 1. The number of nitrogens with zero attached hydrogens (tertiary/aromatic N) is 3. The van der Waals surface area contributed by atoms with E-state index in [2.05, 4.69) is 16.9 Å². The van der Waals surface area contributed by atoms with Gasteiger partial charge in [-0.15, -0.1) is 0 Å². The first kappa shape index (κ1) is 13.0. The van der Waals surface area contributed by atoms with E-state index < -0.39 is 0 Å². The van der Waals surface area contributed by atoms with Gasteiger partial charge in [-0.25, -0.2) is 9.97 Å². The minimum atomic E-state index is 0.0243. The summed E-state index contributed by atoms with van der Waals surface area (Å²) in [5.41, 5.74) is 8.23. The molecule has 1 aromatic rings. The van der Waals surface area contributed by atoms with Crippen molar-refractivity contribution in [1.29, 1.82) is 0 Å². The van der Waals surface area contributed by atoms with Crippen LogP contribution in [0.2, 0.25) is 0 Å². The third-order valence-corrected chi connectivity index (χ3v) is 4.16. The van der Waals surface area contributed by atoms with Crippen molar-refractivity contribution < 1.29 is 4.74 Å². The lowest BCUT2D eigenvalue weighted by atomic mass is 9.87. The monoisotopic (exact) mass is 262 g/mol. The highest BCUT2D eigenvalue weighted by atomic mass is 16.5. The second-order valence-electron chi connectivity index (χ2n) is 5.67. The van der Waals surface area contributed by atoms with Gasteiger partial charge in [-0.2, -0.15) is 0 Å². The molecule has 2 N–H and O–H groups in total. The summed E-state index contributed by atoms with van der Waals surface area (Å²) in [7, 11) is 2.11. The minimum Gasteiger partial charge on any atom is -0.368 e. The highest BCUT2D eigenvalue weighted by molar-refractivity contribution is 5.22. The molecule has 104 valence electrons. The fraction of sp³-hybridized carbons (Fsp3) is 0.714. The molecule has 1 aromatic heterocycles. The van der Waals surface area contributed by atoms with Gasteiger partial charge in [0.25, 0.3) is 0 Å². The van der Waals surface area contributed by atoms with E-state index in [0.717, 1.165) is 51.3 Å². The maximum absolute atomic E-state index is 5.78. The highest BCUT2D eigenvalue weighted by Gasteiger charge is 2.25. The summed E-state index contributed by atoms with van der Waals surface area (Å²) in [6.07, 6.45) is 5.20. The molecule has 0 spiro atoms. The van der Waals surface area contributed by atoms with Crippen molar-refractivity contribution in [2.24, 2.45) is 11.7 Å². The number of hydrogen-bond donors (Lipinski definition) is 1. The summed E-state index contributed by atoms with van der Waals surface area (Å²) in [6.45, 7) is 3.39. The third kappa shape index (κ3) is 2.78. The summed E-state index contributed by atoms with van der Waals surface area (Å²) < 4.78 is 5.78. The highest BCUT2D eigenvalue weighted by Crippen LogP contribution is 2.25. The predicted octanol–water partition coefficient (Wildman–Crippen LogP) is 0.543. The molecular formula is C14H22N4O. The Morgan fingerprint density at radius 2 is 2.42 bits per heavy atom. The summed E-state index contributed by atoms with van der Waals surface area (Å²) >= 11 is 0. The van der Waals surface area contributed by atoms with E-state index in [1.54, 1.807) is 0 Å². The molecule has 1 aliphatic heterocycles. The molecule has 0 amide bonds. The van der Waals surface area contributed by atoms with Crippen LogP contribution in [-0.2, 0) is 17.6 Å². The van der Waals surface area contributed by atoms with Gasteiger partial charge in [0.15, 0.2) is 5.82 Å². The van der Waals surface area contributed by atoms with Gasteiger partial charge in [0.05, 0.1) is 6.61 Å². The Morgan fingerprint density at radius 1 is 1.53 bits per heavy atom. The van der Waals surface area contributed by atoms with Crippen LogP contribution in [0.25, 0.3) is 0 Å². The lowest BCUT2D eigenvalue weighted by Gasteiger charge is -2.30. The van der Waals surface area contributed by atoms with Gasteiger partial charge < -0.3 is 15.4 Å². The van der Waals surface area contributed by atoms with Crippen LogP contribution in [0.4, 0.5) is 0 Å². The van der Waals surface area contributed by atoms with Crippen LogP contribution in [-0.4, -0.2) is 48.2 Å². The molecule has 2 unspecified atom stereocenters. The average molecular weight is 262 g/mol. The van der Waals surface area contributed by atoms with Gasteiger partial charge in [-0.3, -0.25) is 0 Å². The van der Waals surface area contributed by atoms with Crippen molar-refractivity contribution in [1.82, 2.24) is 14.9 Å². The Morgan fingerprint density at radius 3 is 3.21 bits per heavy atom. The summed E-state index contributed by atoms with van der Waals surface area (Å²) in [5, 5.41) is 0. The Balaban J connectivity index is 1.78. The predicted molar refractivity (Wildman–Crippen MR) is 72.8 cm³/mol. The molecule has 0 radical (unpaired) electrons. The van der Waals surface area contributed by atoms with Crippen LogP contribution in [0.1, 0.15) is 29.6 Å². The smallest absolute Gasteiger partial charge is 0.158 e. The summed E-state index contributed by atoms with van der Waals surface area (Å²) in [4.78, 5) is 11.5. The summed E-state index contributed by atoms with van der Waals surface area (Å²) in [5.74, 6) is 1.44. The number of ether oxygens (including phenoxy) is 1. The molecule has 0 saturated carbocycles. The number of hydrogen-bond acceptors (Lipinski definition) is 5. The SMILES string of the molecule is CN1CCOC(c2ncc3c(n2)CCC(CN)C3)C1. The van der Waals surface area contributed by atoms with Crippen molar-refractivity contribution in [3.8, 4) is 0 Å². The van der Waals surface area contributed by atoms with E-state index in [-0.39, 0.29) is 6.10 Å². The summed E-state index contributed by atoms with van der Waals surface area (Å²) in [6, 6.07) is 0. The van der Waals surface area contributed by atoms with E-state index in [0.29, 0.717) is 5.92 Å². The van der Waals surface area contributed by atoms with Crippen molar-refractivity contribution in [2.45, 2.75) is 25.4 Å². The van der Waals surface area contributed by atoms with E-state index in [1.807, 2.05) is 6.20 Å². The average Bonchev–Trinajstić information content (AvgIpc) is 2.46. The van der Waals surface area contributed by atoms with Crippen molar-refractivity contribution in [2.75, 3.05) is 33.3 Å². The normalized spacial score (nSPS) is 28.1. The lowest BCUT2D eigenvalue weighted by Crippen LogP contribution is -2.36. The van der Waals surface area contributed by atoms with Gasteiger partial charge in [0.2, 0.25) is 0 Å². The van der Waals surface area contributed by atoms with E-state index in [4.69, 9.17) is 15.5 Å². The van der Waals surface area contributed by atoms with Gasteiger partial charge in [0.1, 0.15) is 6.10 Å². The zero-order valence-electron chi connectivity index (χ0n) is 11.5. The maximum atomic E-state index is 5.78. The van der Waals surface area contributed by atoms with Crippen LogP contribution < -0.4 is 5.73 Å². The molecule has 1 fully saturated rings. The van der Waals surface area contributed by atoms with E-state index >= 15 is 0 Å². The Labute approximate surface area is 114 Å². The molecule has 2 heterocycles. The lowest BCUT2D eigenvalue weighted by molar-refractivity contribution is -0.0256. The maximum Gasteiger partial charge on any atom is 0.158 e. The molecule has 1 saturated heterocycles. The Hall–Kier alpha value is -1.04. The first-order chi connectivity index (χ1) is 9.26. The quantitative estimate of drug-likeness (QED) is 0.843.